The number of thioether (sulfide) groups is 1. The minimum atomic E-state index is -0.148. The van der Waals surface area contributed by atoms with E-state index in [1.807, 2.05) is 10.8 Å². The van der Waals surface area contributed by atoms with Gasteiger partial charge in [0.15, 0.2) is 5.16 Å². The number of amides is 1. The summed E-state index contributed by atoms with van der Waals surface area (Å²) in [6.07, 6.45) is 3.62. The van der Waals surface area contributed by atoms with Gasteiger partial charge in [-0.15, -0.1) is 0 Å². The zero-order chi connectivity index (χ0) is 17.8. The molecule has 2 aromatic carbocycles. The van der Waals surface area contributed by atoms with Crippen molar-refractivity contribution in [1.29, 1.82) is 0 Å². The highest BCUT2D eigenvalue weighted by molar-refractivity contribution is 7.99. The van der Waals surface area contributed by atoms with Crippen LogP contribution < -0.4 is 5.32 Å². The van der Waals surface area contributed by atoms with E-state index < -0.39 is 0 Å². The Morgan fingerprint density at radius 2 is 1.96 bits per heavy atom. The van der Waals surface area contributed by atoms with Crippen molar-refractivity contribution in [3.8, 4) is 11.4 Å². The summed E-state index contributed by atoms with van der Waals surface area (Å²) in [5.74, 6) is 0.207. The van der Waals surface area contributed by atoms with Gasteiger partial charge in [-0.25, -0.2) is 4.98 Å². The molecule has 1 heterocycles. The summed E-state index contributed by atoms with van der Waals surface area (Å²) in [7, 11) is 0. The molecule has 0 saturated heterocycles. The van der Waals surface area contributed by atoms with Gasteiger partial charge in [0.05, 0.1) is 5.75 Å². The van der Waals surface area contributed by atoms with E-state index in [-0.39, 0.29) is 17.4 Å². The van der Waals surface area contributed by atoms with Crippen LogP contribution in [-0.2, 0) is 4.79 Å². The highest BCUT2D eigenvalue weighted by atomic mass is 32.2. The van der Waals surface area contributed by atoms with Crippen molar-refractivity contribution in [3.63, 3.8) is 0 Å². The molecule has 0 fully saturated rings. The molecule has 2 N–H and O–H groups in total. The Labute approximate surface area is 150 Å². The number of carbonyl (C=O) groups excluding carboxylic acids is 1. The van der Waals surface area contributed by atoms with E-state index in [1.165, 1.54) is 29.0 Å². The third kappa shape index (κ3) is 4.42. The van der Waals surface area contributed by atoms with Crippen LogP contribution in [0, 0.1) is 13.8 Å². The maximum Gasteiger partial charge on any atom is 0.234 e. The van der Waals surface area contributed by atoms with Crippen molar-refractivity contribution >= 4 is 23.4 Å². The second-order valence-corrected chi connectivity index (χ2v) is 6.76. The molecule has 0 unspecified atom stereocenters. The van der Waals surface area contributed by atoms with Gasteiger partial charge < -0.3 is 10.4 Å². The number of anilines is 1. The predicted molar refractivity (Wildman–Crippen MR) is 100 cm³/mol. The largest absolute Gasteiger partial charge is 0.508 e. The van der Waals surface area contributed by atoms with E-state index in [4.69, 9.17) is 0 Å². The zero-order valence-corrected chi connectivity index (χ0v) is 14.9. The first kappa shape index (κ1) is 17.1. The number of aromatic hydroxyl groups is 1. The molecule has 1 amide bonds. The monoisotopic (exact) mass is 353 g/mol. The molecule has 5 nitrogen and oxygen atoms in total. The van der Waals surface area contributed by atoms with Gasteiger partial charge in [-0.3, -0.25) is 9.36 Å². The fourth-order valence-electron chi connectivity index (χ4n) is 2.59. The van der Waals surface area contributed by atoms with Crippen molar-refractivity contribution in [2.75, 3.05) is 11.1 Å². The van der Waals surface area contributed by atoms with Crippen LogP contribution in [-0.4, -0.2) is 26.3 Å². The summed E-state index contributed by atoms with van der Waals surface area (Å²) in [5.41, 5.74) is 3.97. The fraction of sp³-hybridized carbons (Fsp3) is 0.158. The standard InChI is InChI=1S/C19H19N3O2S/c1-13-8-14(2)10-16(9-13)22-7-6-20-19(22)25-12-18(24)21-15-4-3-5-17(23)11-15/h3-11,23H,12H2,1-2H3,(H,21,24). The SMILES string of the molecule is Cc1cc(C)cc(-n2ccnc2SCC(=O)Nc2cccc(O)c2)c1. The third-order valence-electron chi connectivity index (χ3n) is 3.55. The third-order valence-corrected chi connectivity index (χ3v) is 4.52. The second-order valence-electron chi connectivity index (χ2n) is 5.81. The predicted octanol–water partition coefficient (Wildman–Crippen LogP) is 3.93. The molecule has 0 spiro atoms. The van der Waals surface area contributed by atoms with Gasteiger partial charge in [0.1, 0.15) is 5.75 Å². The summed E-state index contributed by atoms with van der Waals surface area (Å²) in [4.78, 5) is 16.5. The number of imidazole rings is 1. The molecule has 0 bridgehead atoms. The number of nitrogens with one attached hydrogen (secondary N) is 1. The molecule has 0 aliphatic carbocycles. The van der Waals surface area contributed by atoms with Gasteiger partial charge in [-0.05, 0) is 49.2 Å². The van der Waals surface area contributed by atoms with Crippen molar-refractivity contribution in [1.82, 2.24) is 9.55 Å². The number of nitrogens with zero attached hydrogens (tertiary/aromatic N) is 2. The molecule has 0 aliphatic rings. The summed E-state index contributed by atoms with van der Waals surface area (Å²) in [6, 6.07) is 12.8. The van der Waals surface area contributed by atoms with Gasteiger partial charge in [-0.2, -0.15) is 0 Å². The topological polar surface area (TPSA) is 67.2 Å². The average molecular weight is 353 g/mol. The molecule has 25 heavy (non-hydrogen) atoms. The first-order chi connectivity index (χ1) is 12.0. The van der Waals surface area contributed by atoms with Crippen molar-refractivity contribution in [3.05, 3.63) is 66.0 Å². The maximum absolute atomic E-state index is 12.1. The Morgan fingerprint density at radius 3 is 2.68 bits per heavy atom. The lowest BCUT2D eigenvalue weighted by molar-refractivity contribution is -0.113. The van der Waals surface area contributed by atoms with E-state index in [0.29, 0.717) is 5.69 Å². The molecule has 3 aromatic rings. The van der Waals surface area contributed by atoms with Crippen LogP contribution in [0.15, 0.2) is 60.0 Å². The van der Waals surface area contributed by atoms with Crippen LogP contribution in [0.4, 0.5) is 5.69 Å². The number of hydrogen-bond acceptors (Lipinski definition) is 4. The lowest BCUT2D eigenvalue weighted by Gasteiger charge is -2.10. The van der Waals surface area contributed by atoms with E-state index >= 15 is 0 Å². The summed E-state index contributed by atoms with van der Waals surface area (Å²) >= 11 is 1.37. The van der Waals surface area contributed by atoms with Gasteiger partial charge in [-0.1, -0.05) is 23.9 Å². The molecule has 1 aromatic heterocycles. The quantitative estimate of drug-likeness (QED) is 0.682. The fourth-order valence-corrected chi connectivity index (χ4v) is 3.37. The second kappa shape index (κ2) is 7.44. The Hall–Kier alpha value is -2.73. The lowest BCUT2D eigenvalue weighted by Crippen LogP contribution is -2.14. The first-order valence-electron chi connectivity index (χ1n) is 7.85. The van der Waals surface area contributed by atoms with Crippen LogP contribution in [0.2, 0.25) is 0 Å². The summed E-state index contributed by atoms with van der Waals surface area (Å²) in [5, 5.41) is 13.0. The number of aromatic nitrogens is 2. The molecule has 0 aliphatic heterocycles. The van der Waals surface area contributed by atoms with E-state index in [9.17, 15) is 9.90 Å². The number of rotatable bonds is 5. The van der Waals surface area contributed by atoms with Crippen LogP contribution >= 0.6 is 11.8 Å². The molecule has 0 radical (unpaired) electrons. The molecule has 128 valence electrons. The zero-order valence-electron chi connectivity index (χ0n) is 14.1. The highest BCUT2D eigenvalue weighted by Gasteiger charge is 2.10. The number of phenolic OH excluding ortho intramolecular Hbond substituents is 1. The van der Waals surface area contributed by atoms with Crippen molar-refractivity contribution in [2.24, 2.45) is 0 Å². The van der Waals surface area contributed by atoms with Crippen LogP contribution in [0.3, 0.4) is 0 Å². The van der Waals surface area contributed by atoms with E-state index in [2.05, 4.69) is 42.3 Å². The normalized spacial score (nSPS) is 10.6. The molecule has 0 atom stereocenters. The molecule has 3 rings (SSSR count). The highest BCUT2D eigenvalue weighted by Crippen LogP contribution is 2.23. The Kier molecular flexibility index (Phi) is 5.09. The van der Waals surface area contributed by atoms with Crippen molar-refractivity contribution < 1.29 is 9.90 Å². The Bertz CT molecular complexity index is 885. The Balaban J connectivity index is 1.68. The molecular formula is C19H19N3O2S. The maximum atomic E-state index is 12.1. The minimum absolute atomic E-state index is 0.121. The number of phenols is 1. The number of hydrogen-bond donors (Lipinski definition) is 2. The van der Waals surface area contributed by atoms with Gasteiger partial charge in [0.2, 0.25) is 5.91 Å². The smallest absolute Gasteiger partial charge is 0.234 e. The minimum Gasteiger partial charge on any atom is -0.508 e. The molecule has 0 saturated carbocycles. The number of benzene rings is 2. The summed E-state index contributed by atoms with van der Waals surface area (Å²) in [6.45, 7) is 4.12. The average Bonchev–Trinajstić information content (AvgIpc) is 3.00. The van der Waals surface area contributed by atoms with Gasteiger partial charge in [0, 0.05) is 29.8 Å². The van der Waals surface area contributed by atoms with Crippen LogP contribution in [0.5, 0.6) is 5.75 Å². The van der Waals surface area contributed by atoms with Crippen LogP contribution in [0.1, 0.15) is 11.1 Å². The van der Waals surface area contributed by atoms with Gasteiger partial charge in [0.25, 0.3) is 0 Å². The number of carbonyl (C=O) groups is 1. The first-order valence-corrected chi connectivity index (χ1v) is 8.83. The van der Waals surface area contributed by atoms with Gasteiger partial charge >= 0.3 is 0 Å². The molecule has 6 heteroatoms. The lowest BCUT2D eigenvalue weighted by atomic mass is 10.1. The Morgan fingerprint density at radius 1 is 1.20 bits per heavy atom. The number of aryl methyl sites for hydroxylation is 2. The molecular weight excluding hydrogens is 334 g/mol. The van der Waals surface area contributed by atoms with E-state index in [0.717, 1.165) is 10.8 Å². The summed E-state index contributed by atoms with van der Waals surface area (Å²) < 4.78 is 1.98. The van der Waals surface area contributed by atoms with Crippen molar-refractivity contribution in [2.45, 2.75) is 19.0 Å². The van der Waals surface area contributed by atoms with Crippen LogP contribution in [0.25, 0.3) is 5.69 Å². The van der Waals surface area contributed by atoms with E-state index in [1.54, 1.807) is 24.4 Å².